The average Bonchev–Trinajstić information content (AvgIpc) is 2.73. The minimum absolute atomic E-state index is 0.0757. The van der Waals surface area contributed by atoms with Crippen molar-refractivity contribution >= 4 is 5.91 Å². The number of carbonyl (C=O) groups excluding carboxylic acids is 1. The summed E-state index contributed by atoms with van der Waals surface area (Å²) in [7, 11) is 2.13. The second kappa shape index (κ2) is 5.36. The number of nitrogens with one attached hydrogen (secondary N) is 1. The number of amides is 1. The summed E-state index contributed by atoms with van der Waals surface area (Å²) in [6.07, 6.45) is 6.30. The Kier molecular flexibility index (Phi) is 4.05. The average molecular weight is 239 g/mol. The van der Waals surface area contributed by atoms with Gasteiger partial charge in [-0.1, -0.05) is 19.3 Å². The van der Waals surface area contributed by atoms with E-state index in [0.29, 0.717) is 5.92 Å². The molecular formula is C13H25N3O. The number of rotatable bonds is 3. The molecule has 4 heteroatoms. The van der Waals surface area contributed by atoms with E-state index in [-0.39, 0.29) is 5.91 Å². The van der Waals surface area contributed by atoms with Crippen molar-refractivity contribution in [1.82, 2.24) is 10.2 Å². The van der Waals surface area contributed by atoms with E-state index in [1.807, 2.05) is 0 Å². The van der Waals surface area contributed by atoms with Gasteiger partial charge in [-0.25, -0.2) is 0 Å². The Morgan fingerprint density at radius 3 is 2.71 bits per heavy atom. The molecule has 1 aliphatic carbocycles. The predicted molar refractivity (Wildman–Crippen MR) is 68.6 cm³/mol. The van der Waals surface area contributed by atoms with Crippen LogP contribution in [0.5, 0.6) is 0 Å². The minimum Gasteiger partial charge on any atom is -0.354 e. The van der Waals surface area contributed by atoms with Gasteiger partial charge in [0, 0.05) is 13.1 Å². The summed E-state index contributed by atoms with van der Waals surface area (Å²) < 4.78 is 0. The summed E-state index contributed by atoms with van der Waals surface area (Å²) >= 11 is 0. The number of likely N-dealkylation sites (tertiary alicyclic amines) is 1. The van der Waals surface area contributed by atoms with Crippen LogP contribution in [0.1, 0.15) is 38.5 Å². The van der Waals surface area contributed by atoms with Crippen molar-refractivity contribution in [3.05, 3.63) is 0 Å². The Morgan fingerprint density at radius 2 is 2.12 bits per heavy atom. The fourth-order valence-electron chi connectivity index (χ4n) is 3.02. The van der Waals surface area contributed by atoms with Crippen molar-refractivity contribution in [3.8, 4) is 0 Å². The molecule has 17 heavy (non-hydrogen) atoms. The summed E-state index contributed by atoms with van der Waals surface area (Å²) in [6, 6.07) is 0. The third-order valence-corrected chi connectivity index (χ3v) is 4.24. The van der Waals surface area contributed by atoms with Crippen molar-refractivity contribution in [2.75, 3.05) is 26.7 Å². The largest absolute Gasteiger partial charge is 0.354 e. The SMILES string of the molecule is CN1CCC(CNC(=O)C2(N)CCCCC2)C1. The van der Waals surface area contributed by atoms with Crippen LogP contribution in [0.4, 0.5) is 0 Å². The fraction of sp³-hybridized carbons (Fsp3) is 0.923. The van der Waals surface area contributed by atoms with Crippen molar-refractivity contribution in [2.45, 2.75) is 44.1 Å². The molecule has 1 amide bonds. The van der Waals surface area contributed by atoms with Crippen LogP contribution in [0, 0.1) is 5.92 Å². The third kappa shape index (κ3) is 3.19. The summed E-state index contributed by atoms with van der Waals surface area (Å²) in [5.74, 6) is 0.683. The predicted octanol–water partition coefficient (Wildman–Crippen LogP) is 0.716. The molecule has 4 nitrogen and oxygen atoms in total. The Labute approximate surface area is 104 Å². The summed E-state index contributed by atoms with van der Waals surface area (Å²) in [5, 5.41) is 3.06. The molecule has 98 valence electrons. The van der Waals surface area contributed by atoms with E-state index in [1.54, 1.807) is 0 Å². The van der Waals surface area contributed by atoms with Crippen LogP contribution >= 0.6 is 0 Å². The Morgan fingerprint density at radius 1 is 1.41 bits per heavy atom. The van der Waals surface area contributed by atoms with Crippen molar-refractivity contribution in [1.29, 1.82) is 0 Å². The van der Waals surface area contributed by atoms with Crippen LogP contribution in [0.15, 0.2) is 0 Å². The van der Waals surface area contributed by atoms with E-state index in [1.165, 1.54) is 12.8 Å². The topological polar surface area (TPSA) is 58.4 Å². The van der Waals surface area contributed by atoms with Crippen molar-refractivity contribution < 1.29 is 4.79 Å². The van der Waals surface area contributed by atoms with E-state index >= 15 is 0 Å². The zero-order valence-electron chi connectivity index (χ0n) is 10.9. The van der Waals surface area contributed by atoms with Crippen LogP contribution < -0.4 is 11.1 Å². The van der Waals surface area contributed by atoms with Gasteiger partial charge in [0.2, 0.25) is 5.91 Å². The van der Waals surface area contributed by atoms with E-state index in [9.17, 15) is 4.79 Å². The Bertz CT molecular complexity index is 274. The normalized spacial score (nSPS) is 29.2. The number of hydrogen-bond donors (Lipinski definition) is 2. The van der Waals surface area contributed by atoms with Crippen LogP contribution in [0.2, 0.25) is 0 Å². The molecule has 0 aromatic rings. The maximum atomic E-state index is 12.1. The quantitative estimate of drug-likeness (QED) is 0.763. The molecular weight excluding hydrogens is 214 g/mol. The molecule has 0 aromatic heterocycles. The zero-order chi connectivity index (χ0) is 12.3. The molecule has 1 unspecified atom stereocenters. The van der Waals surface area contributed by atoms with Gasteiger partial charge in [-0.05, 0) is 38.8 Å². The second-order valence-corrected chi connectivity index (χ2v) is 5.84. The second-order valence-electron chi connectivity index (χ2n) is 5.84. The van der Waals surface area contributed by atoms with Crippen LogP contribution in [0.3, 0.4) is 0 Å². The van der Waals surface area contributed by atoms with E-state index in [2.05, 4.69) is 17.3 Å². The lowest BCUT2D eigenvalue weighted by molar-refractivity contribution is -0.127. The molecule has 2 fully saturated rings. The fourth-order valence-corrected chi connectivity index (χ4v) is 3.02. The first kappa shape index (κ1) is 12.8. The van der Waals surface area contributed by atoms with Crippen LogP contribution in [-0.2, 0) is 4.79 Å². The van der Waals surface area contributed by atoms with E-state index < -0.39 is 5.54 Å². The summed E-state index contributed by atoms with van der Waals surface area (Å²) in [6.45, 7) is 3.04. The van der Waals surface area contributed by atoms with Gasteiger partial charge in [0.15, 0.2) is 0 Å². The van der Waals surface area contributed by atoms with Crippen molar-refractivity contribution in [2.24, 2.45) is 11.7 Å². The standard InChI is InChI=1S/C13H25N3O/c1-16-8-5-11(10-16)9-15-12(17)13(14)6-3-2-4-7-13/h11H,2-10,14H2,1H3,(H,15,17). The maximum Gasteiger partial charge on any atom is 0.240 e. The highest BCUT2D eigenvalue weighted by Gasteiger charge is 2.35. The molecule has 1 aliphatic heterocycles. The Balaban J connectivity index is 1.76. The highest BCUT2D eigenvalue weighted by molar-refractivity contribution is 5.86. The van der Waals surface area contributed by atoms with Gasteiger partial charge in [0.1, 0.15) is 0 Å². The smallest absolute Gasteiger partial charge is 0.240 e. The molecule has 2 rings (SSSR count). The van der Waals surface area contributed by atoms with Crippen LogP contribution in [-0.4, -0.2) is 43.0 Å². The van der Waals surface area contributed by atoms with E-state index in [4.69, 9.17) is 5.73 Å². The van der Waals surface area contributed by atoms with Gasteiger partial charge in [0.25, 0.3) is 0 Å². The summed E-state index contributed by atoms with van der Waals surface area (Å²) in [4.78, 5) is 14.4. The van der Waals surface area contributed by atoms with Gasteiger partial charge in [-0.3, -0.25) is 4.79 Å². The molecule has 0 bridgehead atoms. The van der Waals surface area contributed by atoms with Gasteiger partial charge < -0.3 is 16.0 Å². The lowest BCUT2D eigenvalue weighted by Crippen LogP contribution is -2.55. The molecule has 1 saturated heterocycles. The van der Waals surface area contributed by atoms with Crippen LogP contribution in [0.25, 0.3) is 0 Å². The highest BCUT2D eigenvalue weighted by atomic mass is 16.2. The van der Waals surface area contributed by atoms with Gasteiger partial charge in [0.05, 0.1) is 5.54 Å². The molecule has 0 aromatic carbocycles. The minimum atomic E-state index is -0.581. The monoisotopic (exact) mass is 239 g/mol. The molecule has 2 aliphatic rings. The van der Waals surface area contributed by atoms with Crippen molar-refractivity contribution in [3.63, 3.8) is 0 Å². The lowest BCUT2D eigenvalue weighted by Gasteiger charge is -2.32. The van der Waals surface area contributed by atoms with Gasteiger partial charge in [-0.15, -0.1) is 0 Å². The van der Waals surface area contributed by atoms with Gasteiger partial charge >= 0.3 is 0 Å². The van der Waals surface area contributed by atoms with Gasteiger partial charge in [-0.2, -0.15) is 0 Å². The zero-order valence-corrected chi connectivity index (χ0v) is 10.9. The molecule has 3 N–H and O–H groups in total. The third-order valence-electron chi connectivity index (χ3n) is 4.24. The Hall–Kier alpha value is -0.610. The van der Waals surface area contributed by atoms with E-state index in [0.717, 1.165) is 45.3 Å². The first-order valence-corrected chi connectivity index (χ1v) is 6.86. The maximum absolute atomic E-state index is 12.1. The molecule has 0 spiro atoms. The summed E-state index contributed by atoms with van der Waals surface area (Å²) in [5.41, 5.74) is 5.61. The highest BCUT2D eigenvalue weighted by Crippen LogP contribution is 2.26. The number of hydrogen-bond acceptors (Lipinski definition) is 3. The molecule has 1 heterocycles. The lowest BCUT2D eigenvalue weighted by atomic mass is 9.82. The number of carbonyl (C=O) groups is 1. The number of nitrogens with zero attached hydrogens (tertiary/aromatic N) is 1. The first-order chi connectivity index (χ1) is 8.10. The first-order valence-electron chi connectivity index (χ1n) is 6.86. The number of nitrogens with two attached hydrogens (primary N) is 1. The molecule has 1 atom stereocenters. The molecule has 1 saturated carbocycles. The molecule has 0 radical (unpaired) electrons.